The molecule has 2 N–H and O–H groups in total. The molecule has 2 rings (SSSR count). The second kappa shape index (κ2) is 10.4. The maximum absolute atomic E-state index is 13.9. The summed E-state index contributed by atoms with van der Waals surface area (Å²) in [7, 11) is 0. The van der Waals surface area contributed by atoms with E-state index in [9.17, 15) is 4.39 Å². The average Bonchev–Trinajstić information content (AvgIpc) is 3.13. The van der Waals surface area contributed by atoms with Gasteiger partial charge in [0.25, 0.3) is 0 Å². The summed E-state index contributed by atoms with van der Waals surface area (Å²) in [6, 6.07) is 8.20. The number of thiazole rings is 1. The number of aromatic nitrogens is 1. The molecule has 1 unspecified atom stereocenters. The van der Waals surface area contributed by atoms with Crippen LogP contribution < -0.4 is 10.0 Å². The maximum Gasteiger partial charge on any atom is 0.114 e. The van der Waals surface area contributed by atoms with Gasteiger partial charge in [0.15, 0.2) is 0 Å². The molecule has 0 amide bonds. The molecule has 1 atom stereocenters. The SMILES string of the molecule is CCCC(CCNC(C)(C)C)(NSc1ccc(CC(C)(C)F)cc1)c1nccs1. The molecule has 0 aliphatic heterocycles. The quantitative estimate of drug-likeness (QED) is 0.393. The van der Waals surface area contributed by atoms with Crippen molar-refractivity contribution in [2.45, 2.75) is 88.9 Å². The number of benzene rings is 1. The zero-order chi connectivity index (χ0) is 21.5. The van der Waals surface area contributed by atoms with Crippen LogP contribution in [0.2, 0.25) is 0 Å². The lowest BCUT2D eigenvalue weighted by Crippen LogP contribution is -2.44. The minimum atomic E-state index is -1.19. The number of hydrogen-bond donors (Lipinski definition) is 2. The van der Waals surface area contributed by atoms with Crippen molar-refractivity contribution in [2.75, 3.05) is 6.54 Å². The van der Waals surface area contributed by atoms with E-state index in [4.69, 9.17) is 0 Å². The molecule has 0 radical (unpaired) electrons. The third-order valence-electron chi connectivity index (χ3n) is 4.64. The van der Waals surface area contributed by atoms with E-state index >= 15 is 0 Å². The Morgan fingerprint density at radius 3 is 2.28 bits per heavy atom. The van der Waals surface area contributed by atoms with Crippen molar-refractivity contribution in [3.05, 3.63) is 46.4 Å². The average molecular weight is 438 g/mol. The molecule has 1 aromatic heterocycles. The van der Waals surface area contributed by atoms with Crippen LogP contribution in [0.15, 0.2) is 40.7 Å². The van der Waals surface area contributed by atoms with Crippen molar-refractivity contribution < 1.29 is 4.39 Å². The van der Waals surface area contributed by atoms with Gasteiger partial charge in [-0.15, -0.1) is 11.3 Å². The highest BCUT2D eigenvalue weighted by molar-refractivity contribution is 7.97. The summed E-state index contributed by atoms with van der Waals surface area (Å²) in [6.45, 7) is 13.0. The summed E-state index contributed by atoms with van der Waals surface area (Å²) >= 11 is 3.36. The first-order valence-electron chi connectivity index (χ1n) is 10.4. The summed E-state index contributed by atoms with van der Waals surface area (Å²) < 4.78 is 17.7. The Kier molecular flexibility index (Phi) is 8.71. The smallest absolute Gasteiger partial charge is 0.114 e. The van der Waals surface area contributed by atoms with Crippen LogP contribution in [-0.4, -0.2) is 22.7 Å². The topological polar surface area (TPSA) is 37.0 Å². The van der Waals surface area contributed by atoms with Crippen LogP contribution in [-0.2, 0) is 12.0 Å². The van der Waals surface area contributed by atoms with Crippen LogP contribution >= 0.6 is 23.3 Å². The minimum absolute atomic E-state index is 0.0913. The van der Waals surface area contributed by atoms with E-state index < -0.39 is 5.67 Å². The Balaban J connectivity index is 2.12. The molecule has 0 bridgehead atoms. The van der Waals surface area contributed by atoms with E-state index in [1.54, 1.807) is 37.1 Å². The predicted molar refractivity (Wildman–Crippen MR) is 125 cm³/mol. The highest BCUT2D eigenvalue weighted by Crippen LogP contribution is 2.35. The molecule has 29 heavy (non-hydrogen) atoms. The van der Waals surface area contributed by atoms with Gasteiger partial charge in [0.05, 0.1) is 5.54 Å². The van der Waals surface area contributed by atoms with Crippen LogP contribution in [0.25, 0.3) is 0 Å². The normalized spacial score (nSPS) is 14.7. The fourth-order valence-corrected chi connectivity index (χ4v) is 5.14. The molecule has 1 heterocycles. The fraction of sp³-hybridized carbons (Fsp3) is 0.609. The van der Waals surface area contributed by atoms with Gasteiger partial charge >= 0.3 is 0 Å². The molecule has 0 fully saturated rings. The van der Waals surface area contributed by atoms with E-state index in [-0.39, 0.29) is 11.1 Å². The van der Waals surface area contributed by atoms with Gasteiger partial charge < -0.3 is 5.32 Å². The molecule has 0 saturated carbocycles. The lowest BCUT2D eigenvalue weighted by Gasteiger charge is -2.34. The van der Waals surface area contributed by atoms with Crippen LogP contribution in [0.5, 0.6) is 0 Å². The van der Waals surface area contributed by atoms with Crippen molar-refractivity contribution in [3.63, 3.8) is 0 Å². The lowest BCUT2D eigenvalue weighted by atomic mass is 9.91. The van der Waals surface area contributed by atoms with Crippen LogP contribution in [0.3, 0.4) is 0 Å². The Morgan fingerprint density at radius 2 is 1.76 bits per heavy atom. The van der Waals surface area contributed by atoms with Crippen LogP contribution in [0.1, 0.15) is 71.4 Å². The monoisotopic (exact) mass is 437 g/mol. The molecular formula is C23H36FN3S2. The molecule has 2 aromatic rings. The van der Waals surface area contributed by atoms with E-state index in [2.05, 4.69) is 60.2 Å². The van der Waals surface area contributed by atoms with E-state index in [1.807, 2.05) is 18.3 Å². The minimum Gasteiger partial charge on any atom is -0.312 e. The zero-order valence-electron chi connectivity index (χ0n) is 18.6. The number of halogens is 1. The standard InChI is InChI=1S/C23H36FN3S2/c1-7-12-23(20-25-15-16-28-20,13-14-26-21(2,3)4)27-29-19-10-8-18(9-11-19)17-22(5,6)24/h8-11,15-16,26-27H,7,12-14,17H2,1-6H3. The van der Waals surface area contributed by atoms with Gasteiger partial charge in [0.2, 0.25) is 0 Å². The Hall–Kier alpha value is -0.950. The lowest BCUT2D eigenvalue weighted by molar-refractivity contribution is 0.217. The molecule has 0 spiro atoms. The zero-order valence-corrected chi connectivity index (χ0v) is 20.3. The van der Waals surface area contributed by atoms with Gasteiger partial charge in [-0.2, -0.15) is 0 Å². The molecule has 0 aliphatic rings. The Morgan fingerprint density at radius 1 is 1.07 bits per heavy atom. The first-order chi connectivity index (χ1) is 13.5. The van der Waals surface area contributed by atoms with Crippen LogP contribution in [0, 0.1) is 0 Å². The van der Waals surface area contributed by atoms with Crippen molar-refractivity contribution in [2.24, 2.45) is 0 Å². The Bertz CT molecular complexity index is 718. The number of nitrogens with zero attached hydrogens (tertiary/aromatic N) is 1. The number of hydrogen-bond acceptors (Lipinski definition) is 5. The van der Waals surface area contributed by atoms with Crippen molar-refractivity contribution in [3.8, 4) is 0 Å². The molecular weight excluding hydrogens is 401 g/mol. The maximum atomic E-state index is 13.9. The van der Waals surface area contributed by atoms with Gasteiger partial charge in [-0.25, -0.2) is 14.1 Å². The molecule has 1 aromatic carbocycles. The van der Waals surface area contributed by atoms with Gasteiger partial charge in [0.1, 0.15) is 10.7 Å². The first kappa shape index (κ1) is 24.3. The van der Waals surface area contributed by atoms with Gasteiger partial charge in [0, 0.05) is 28.4 Å². The van der Waals surface area contributed by atoms with Crippen molar-refractivity contribution >= 4 is 23.3 Å². The predicted octanol–water partition coefficient (Wildman–Crippen LogP) is 6.50. The number of rotatable bonds is 11. The van der Waals surface area contributed by atoms with Gasteiger partial charge in [-0.05, 0) is 83.6 Å². The summed E-state index contributed by atoms with van der Waals surface area (Å²) in [5.74, 6) is 0. The van der Waals surface area contributed by atoms with Crippen molar-refractivity contribution in [1.82, 2.24) is 15.0 Å². The largest absolute Gasteiger partial charge is 0.312 e. The van der Waals surface area contributed by atoms with E-state index in [0.29, 0.717) is 6.42 Å². The number of alkyl halides is 1. The second-order valence-electron chi connectivity index (χ2n) is 9.34. The third-order valence-corrected chi connectivity index (χ3v) is 6.62. The van der Waals surface area contributed by atoms with E-state index in [1.165, 1.54) is 0 Å². The molecule has 0 saturated heterocycles. The summed E-state index contributed by atoms with van der Waals surface area (Å²) in [5.41, 5.74) is -0.246. The molecule has 0 aliphatic carbocycles. The van der Waals surface area contributed by atoms with Gasteiger partial charge in [-0.1, -0.05) is 25.5 Å². The summed E-state index contributed by atoms with van der Waals surface area (Å²) in [5, 5.41) is 6.81. The Labute approximate surface area is 184 Å². The van der Waals surface area contributed by atoms with Crippen molar-refractivity contribution in [1.29, 1.82) is 0 Å². The third kappa shape index (κ3) is 8.36. The van der Waals surface area contributed by atoms with Gasteiger partial charge in [-0.3, -0.25) is 0 Å². The highest BCUT2D eigenvalue weighted by Gasteiger charge is 2.34. The molecule has 3 nitrogen and oxygen atoms in total. The van der Waals surface area contributed by atoms with E-state index in [0.717, 1.165) is 41.3 Å². The van der Waals surface area contributed by atoms with Crippen LogP contribution in [0.4, 0.5) is 4.39 Å². The molecule has 162 valence electrons. The highest BCUT2D eigenvalue weighted by atomic mass is 32.2. The fourth-order valence-electron chi connectivity index (χ4n) is 3.34. The number of nitrogens with one attached hydrogen (secondary N) is 2. The first-order valence-corrected chi connectivity index (χ1v) is 12.1. The summed E-state index contributed by atoms with van der Waals surface area (Å²) in [6.07, 6.45) is 5.39. The summed E-state index contributed by atoms with van der Waals surface area (Å²) in [4.78, 5) is 5.79. The second-order valence-corrected chi connectivity index (χ2v) is 11.1. The molecule has 6 heteroatoms.